The summed E-state index contributed by atoms with van der Waals surface area (Å²) in [7, 11) is 0. The standard InChI is InChI=1S/C15H12ClNO4/c1-8-10(3-2-4-13(8)18)14(19)17-9-5-6-11(15(20)21)12(16)7-9/h2-7,18H,1H3,(H,17,19)(H,20,21). The van der Waals surface area contributed by atoms with Gasteiger partial charge in [-0.15, -0.1) is 0 Å². The number of amides is 1. The molecule has 1 amide bonds. The van der Waals surface area contributed by atoms with Crippen LogP contribution in [0.3, 0.4) is 0 Å². The van der Waals surface area contributed by atoms with E-state index in [9.17, 15) is 14.7 Å². The van der Waals surface area contributed by atoms with Gasteiger partial charge in [-0.25, -0.2) is 4.79 Å². The average molecular weight is 306 g/mol. The fourth-order valence-electron chi connectivity index (χ4n) is 1.83. The smallest absolute Gasteiger partial charge is 0.337 e. The van der Waals surface area contributed by atoms with E-state index in [1.165, 1.54) is 24.3 Å². The number of halogens is 1. The normalized spacial score (nSPS) is 10.2. The molecule has 0 bridgehead atoms. The second kappa shape index (κ2) is 5.85. The summed E-state index contributed by atoms with van der Waals surface area (Å²) in [5, 5.41) is 21.1. The van der Waals surface area contributed by atoms with E-state index in [1.54, 1.807) is 19.1 Å². The molecule has 3 N–H and O–H groups in total. The van der Waals surface area contributed by atoms with Gasteiger partial charge in [0.1, 0.15) is 5.75 Å². The van der Waals surface area contributed by atoms with E-state index in [1.807, 2.05) is 0 Å². The van der Waals surface area contributed by atoms with Crippen molar-refractivity contribution in [2.24, 2.45) is 0 Å². The third-order valence-corrected chi connectivity index (χ3v) is 3.32. The number of benzene rings is 2. The fraction of sp³-hybridized carbons (Fsp3) is 0.0667. The van der Waals surface area contributed by atoms with Crippen LogP contribution in [0.15, 0.2) is 36.4 Å². The summed E-state index contributed by atoms with van der Waals surface area (Å²) in [4.78, 5) is 23.0. The average Bonchev–Trinajstić information content (AvgIpc) is 2.41. The van der Waals surface area contributed by atoms with Crippen LogP contribution in [0.5, 0.6) is 5.75 Å². The Balaban J connectivity index is 2.26. The number of phenolic OH excluding ortho intramolecular Hbond substituents is 1. The zero-order chi connectivity index (χ0) is 15.6. The van der Waals surface area contributed by atoms with Crippen molar-refractivity contribution in [3.05, 3.63) is 58.1 Å². The van der Waals surface area contributed by atoms with E-state index in [-0.39, 0.29) is 16.3 Å². The monoisotopic (exact) mass is 305 g/mol. The molecule has 2 aromatic carbocycles. The molecule has 6 heteroatoms. The molecule has 0 spiro atoms. The van der Waals surface area contributed by atoms with Crippen LogP contribution in [0.4, 0.5) is 5.69 Å². The zero-order valence-corrected chi connectivity index (χ0v) is 11.8. The van der Waals surface area contributed by atoms with Gasteiger partial charge in [-0.05, 0) is 37.3 Å². The number of carbonyl (C=O) groups excluding carboxylic acids is 1. The van der Waals surface area contributed by atoms with Crippen molar-refractivity contribution in [3.63, 3.8) is 0 Å². The van der Waals surface area contributed by atoms with Crippen molar-refractivity contribution >= 4 is 29.2 Å². The van der Waals surface area contributed by atoms with E-state index in [0.717, 1.165) is 0 Å². The van der Waals surface area contributed by atoms with Crippen LogP contribution in [0.1, 0.15) is 26.3 Å². The minimum atomic E-state index is -1.14. The maximum Gasteiger partial charge on any atom is 0.337 e. The molecule has 2 aromatic rings. The second-order valence-corrected chi connectivity index (χ2v) is 4.81. The lowest BCUT2D eigenvalue weighted by atomic mass is 10.1. The van der Waals surface area contributed by atoms with Gasteiger partial charge in [0.15, 0.2) is 0 Å². The molecular weight excluding hydrogens is 294 g/mol. The molecule has 2 rings (SSSR count). The molecule has 21 heavy (non-hydrogen) atoms. The van der Waals surface area contributed by atoms with Crippen molar-refractivity contribution in [2.45, 2.75) is 6.92 Å². The Morgan fingerprint density at radius 2 is 1.86 bits per heavy atom. The van der Waals surface area contributed by atoms with Crippen molar-refractivity contribution in [1.82, 2.24) is 0 Å². The minimum absolute atomic E-state index is 0.0295. The van der Waals surface area contributed by atoms with Crippen LogP contribution >= 0.6 is 11.6 Å². The first kappa shape index (κ1) is 14.9. The summed E-state index contributed by atoms with van der Waals surface area (Å²) in [5.74, 6) is -1.52. The van der Waals surface area contributed by atoms with Crippen molar-refractivity contribution in [1.29, 1.82) is 0 Å². The predicted molar refractivity (Wildman–Crippen MR) is 79.2 cm³/mol. The minimum Gasteiger partial charge on any atom is -0.508 e. The number of carboxylic acid groups (broad SMARTS) is 1. The molecule has 0 atom stereocenters. The van der Waals surface area contributed by atoms with E-state index < -0.39 is 11.9 Å². The number of hydrogen-bond acceptors (Lipinski definition) is 3. The Hall–Kier alpha value is -2.53. The van der Waals surface area contributed by atoms with Gasteiger partial charge in [0, 0.05) is 16.8 Å². The summed E-state index contributed by atoms with van der Waals surface area (Å²) in [6, 6.07) is 8.77. The molecule has 0 unspecified atom stereocenters. The van der Waals surface area contributed by atoms with Crippen LogP contribution in [-0.2, 0) is 0 Å². The third-order valence-electron chi connectivity index (χ3n) is 3.01. The number of nitrogens with one attached hydrogen (secondary N) is 1. The van der Waals surface area contributed by atoms with E-state index in [4.69, 9.17) is 16.7 Å². The topological polar surface area (TPSA) is 86.6 Å². The Morgan fingerprint density at radius 1 is 1.14 bits per heavy atom. The molecule has 0 saturated carbocycles. The largest absolute Gasteiger partial charge is 0.508 e. The summed E-state index contributed by atoms with van der Waals surface area (Å²) in [5.41, 5.74) is 1.12. The summed E-state index contributed by atoms with van der Waals surface area (Å²) < 4.78 is 0. The van der Waals surface area contributed by atoms with E-state index in [2.05, 4.69) is 5.32 Å². The number of rotatable bonds is 3. The fourth-order valence-corrected chi connectivity index (χ4v) is 2.10. The zero-order valence-electron chi connectivity index (χ0n) is 11.1. The maximum atomic E-state index is 12.1. The molecule has 0 aliphatic carbocycles. The summed E-state index contributed by atoms with van der Waals surface area (Å²) in [6.07, 6.45) is 0. The molecule has 0 heterocycles. The number of carbonyl (C=O) groups is 2. The third kappa shape index (κ3) is 3.14. The van der Waals surface area contributed by atoms with Gasteiger partial charge >= 0.3 is 5.97 Å². The predicted octanol–water partition coefficient (Wildman–Crippen LogP) is 3.30. The van der Waals surface area contributed by atoms with Gasteiger partial charge in [-0.1, -0.05) is 17.7 Å². The first-order valence-electron chi connectivity index (χ1n) is 6.03. The highest BCUT2D eigenvalue weighted by Crippen LogP contribution is 2.23. The molecule has 0 saturated heterocycles. The van der Waals surface area contributed by atoms with E-state index in [0.29, 0.717) is 16.8 Å². The van der Waals surface area contributed by atoms with Crippen LogP contribution in [-0.4, -0.2) is 22.1 Å². The van der Waals surface area contributed by atoms with Crippen LogP contribution < -0.4 is 5.32 Å². The van der Waals surface area contributed by atoms with Gasteiger partial charge in [-0.2, -0.15) is 0 Å². The highest BCUT2D eigenvalue weighted by molar-refractivity contribution is 6.33. The van der Waals surface area contributed by atoms with Gasteiger partial charge in [-0.3, -0.25) is 4.79 Å². The quantitative estimate of drug-likeness (QED) is 0.812. The van der Waals surface area contributed by atoms with Crippen LogP contribution in [0.2, 0.25) is 5.02 Å². The van der Waals surface area contributed by atoms with E-state index >= 15 is 0 Å². The highest BCUT2D eigenvalue weighted by atomic mass is 35.5. The molecule has 0 fully saturated rings. The number of aromatic hydroxyl groups is 1. The lowest BCUT2D eigenvalue weighted by molar-refractivity contribution is 0.0697. The molecule has 5 nitrogen and oxygen atoms in total. The van der Waals surface area contributed by atoms with Crippen LogP contribution in [0.25, 0.3) is 0 Å². The SMILES string of the molecule is Cc1c(O)cccc1C(=O)Nc1ccc(C(=O)O)c(Cl)c1. The molecule has 0 aliphatic rings. The van der Waals surface area contributed by atoms with Crippen molar-refractivity contribution in [2.75, 3.05) is 5.32 Å². The number of phenols is 1. The number of hydrogen-bond donors (Lipinski definition) is 3. The lowest BCUT2D eigenvalue weighted by Gasteiger charge is -2.09. The number of aromatic carboxylic acids is 1. The Kier molecular flexibility index (Phi) is 4.14. The lowest BCUT2D eigenvalue weighted by Crippen LogP contribution is -2.13. The second-order valence-electron chi connectivity index (χ2n) is 4.40. The molecule has 0 radical (unpaired) electrons. The molecule has 0 aliphatic heterocycles. The Labute approximate surface area is 125 Å². The van der Waals surface area contributed by atoms with Gasteiger partial charge < -0.3 is 15.5 Å². The first-order valence-corrected chi connectivity index (χ1v) is 6.40. The summed E-state index contributed by atoms with van der Waals surface area (Å²) >= 11 is 5.84. The number of carboxylic acids is 1. The Morgan fingerprint density at radius 3 is 2.48 bits per heavy atom. The van der Waals surface area contributed by atoms with Crippen molar-refractivity contribution in [3.8, 4) is 5.75 Å². The van der Waals surface area contributed by atoms with Gasteiger partial charge in [0.25, 0.3) is 5.91 Å². The van der Waals surface area contributed by atoms with Crippen LogP contribution in [0, 0.1) is 6.92 Å². The molecule has 108 valence electrons. The first-order chi connectivity index (χ1) is 9.90. The summed E-state index contributed by atoms with van der Waals surface area (Å²) in [6.45, 7) is 1.63. The maximum absolute atomic E-state index is 12.1. The Bertz CT molecular complexity index is 728. The molecular formula is C15H12ClNO4. The van der Waals surface area contributed by atoms with Gasteiger partial charge in [0.2, 0.25) is 0 Å². The van der Waals surface area contributed by atoms with Gasteiger partial charge in [0.05, 0.1) is 10.6 Å². The number of anilines is 1. The molecule has 0 aromatic heterocycles. The highest BCUT2D eigenvalue weighted by Gasteiger charge is 2.13. The van der Waals surface area contributed by atoms with Crippen molar-refractivity contribution < 1.29 is 19.8 Å².